The molecule has 1 nitrogen and oxygen atoms in total. The Kier molecular flexibility index (Phi) is 3.41. The molecular formula is C9H12ClNSn. The van der Waals surface area contributed by atoms with Crippen LogP contribution in [0, 0.1) is 0 Å². The molecule has 0 aliphatic rings. The van der Waals surface area contributed by atoms with Crippen molar-refractivity contribution in [3.05, 3.63) is 23.4 Å². The number of rotatable bonds is 1. The predicted octanol–water partition coefficient (Wildman–Crippen LogP) is 2.28. The topological polar surface area (TPSA) is 12.9 Å². The maximum atomic E-state index is 5.74. The van der Waals surface area contributed by atoms with E-state index < -0.39 is 21.1 Å². The number of halogens is 1. The molecule has 1 aromatic heterocycles. The van der Waals surface area contributed by atoms with Crippen molar-refractivity contribution in [2.24, 2.45) is 0 Å². The van der Waals surface area contributed by atoms with E-state index in [1.165, 1.54) is 3.71 Å². The molecule has 0 saturated carbocycles. The molecule has 1 aromatic rings. The first kappa shape index (κ1) is 10.3. The third-order valence-corrected chi connectivity index (χ3v) is 5.17. The summed E-state index contributed by atoms with van der Waals surface area (Å²) in [4.78, 5) is 4.31. The second-order valence-corrected chi connectivity index (χ2v) is 10.6. The fourth-order valence-corrected chi connectivity index (χ4v) is 3.98. The van der Waals surface area contributed by atoms with Crippen LogP contribution in [0.1, 0.15) is 20.8 Å². The molecule has 0 fully saturated rings. The van der Waals surface area contributed by atoms with Crippen LogP contribution >= 0.6 is 11.6 Å². The maximum absolute atomic E-state index is 5.74. The van der Waals surface area contributed by atoms with E-state index in [0.717, 1.165) is 5.02 Å². The van der Waals surface area contributed by atoms with Crippen LogP contribution in [0.25, 0.3) is 0 Å². The fourth-order valence-electron chi connectivity index (χ4n) is 0.834. The number of hydrogen-bond acceptors (Lipinski definition) is 1. The summed E-state index contributed by atoms with van der Waals surface area (Å²) in [5.74, 6) is 0. The summed E-state index contributed by atoms with van der Waals surface area (Å²) in [5.41, 5.74) is 0. The Labute approximate surface area is 88.8 Å². The molecular weight excluding hydrogens is 276 g/mol. The molecule has 0 spiro atoms. The summed E-state index contributed by atoms with van der Waals surface area (Å²) < 4.78 is 1.74. The summed E-state index contributed by atoms with van der Waals surface area (Å²) >= 11 is 5.20. The third kappa shape index (κ3) is 3.76. The molecule has 2 radical (unpaired) electrons. The van der Waals surface area contributed by atoms with Gasteiger partial charge in [0.2, 0.25) is 0 Å². The van der Waals surface area contributed by atoms with Gasteiger partial charge in [-0.05, 0) is 0 Å². The van der Waals surface area contributed by atoms with Crippen molar-refractivity contribution in [2.45, 2.75) is 24.2 Å². The van der Waals surface area contributed by atoms with Crippen LogP contribution in [-0.2, 0) is 0 Å². The van der Waals surface area contributed by atoms with Crippen molar-refractivity contribution in [3.8, 4) is 0 Å². The van der Waals surface area contributed by atoms with Crippen molar-refractivity contribution >= 4 is 36.5 Å². The molecule has 0 aliphatic heterocycles. The van der Waals surface area contributed by atoms with E-state index in [9.17, 15) is 0 Å². The minimum atomic E-state index is -0.539. The first-order chi connectivity index (χ1) is 5.47. The van der Waals surface area contributed by atoms with Crippen LogP contribution < -0.4 is 3.71 Å². The van der Waals surface area contributed by atoms with Gasteiger partial charge in [0.25, 0.3) is 0 Å². The zero-order valence-electron chi connectivity index (χ0n) is 7.56. The second-order valence-electron chi connectivity index (χ2n) is 3.74. The van der Waals surface area contributed by atoms with E-state index in [-0.39, 0.29) is 0 Å². The fraction of sp³-hybridized carbons (Fsp3) is 0.444. The summed E-state index contributed by atoms with van der Waals surface area (Å²) in [5, 5.41) is 0.729. The van der Waals surface area contributed by atoms with Gasteiger partial charge in [0.15, 0.2) is 0 Å². The summed E-state index contributed by atoms with van der Waals surface area (Å²) in [6.07, 6.45) is 1.74. The molecule has 64 valence electrons. The Bertz CT molecular complexity index is 250. The van der Waals surface area contributed by atoms with Gasteiger partial charge in [0.1, 0.15) is 0 Å². The normalized spacial score (nSPS) is 11.7. The van der Waals surface area contributed by atoms with Crippen molar-refractivity contribution < 1.29 is 0 Å². The minimum absolute atomic E-state index is 0.462. The van der Waals surface area contributed by atoms with Gasteiger partial charge in [0.05, 0.1) is 0 Å². The standard InChI is InChI=1S/C5H3ClN.C4H9.Sn/c6-5-2-1-3-7-4-5;1-4(2)3;/h1-2,4H;1-3H3;. The Balaban J connectivity index is 2.71. The van der Waals surface area contributed by atoms with Gasteiger partial charge >= 0.3 is 89.0 Å². The third-order valence-electron chi connectivity index (χ3n) is 1.23. The molecule has 1 heterocycles. The van der Waals surface area contributed by atoms with Crippen LogP contribution in [0.15, 0.2) is 18.3 Å². The van der Waals surface area contributed by atoms with Crippen LogP contribution in [-0.4, -0.2) is 26.1 Å². The molecule has 0 bridgehead atoms. The van der Waals surface area contributed by atoms with Gasteiger partial charge in [-0.25, -0.2) is 0 Å². The van der Waals surface area contributed by atoms with Gasteiger partial charge in [-0.2, -0.15) is 0 Å². The van der Waals surface area contributed by atoms with E-state index in [1.807, 2.05) is 6.07 Å². The van der Waals surface area contributed by atoms with Crippen molar-refractivity contribution in [2.75, 3.05) is 0 Å². The SMILES string of the molecule is C[C](C)(C)[Sn][c]1ccc(Cl)cn1. The van der Waals surface area contributed by atoms with E-state index in [4.69, 9.17) is 11.6 Å². The van der Waals surface area contributed by atoms with Crippen molar-refractivity contribution in [1.29, 1.82) is 0 Å². The van der Waals surface area contributed by atoms with Gasteiger partial charge in [-0.3, -0.25) is 0 Å². The molecule has 0 aromatic carbocycles. The van der Waals surface area contributed by atoms with Gasteiger partial charge in [-0.15, -0.1) is 0 Å². The molecule has 0 atom stereocenters. The second kappa shape index (κ2) is 3.96. The molecule has 3 heteroatoms. The van der Waals surface area contributed by atoms with Crippen LogP contribution in [0.2, 0.25) is 8.45 Å². The zero-order valence-corrected chi connectivity index (χ0v) is 11.2. The summed E-state index contributed by atoms with van der Waals surface area (Å²) in [6, 6.07) is 3.98. The Morgan fingerprint density at radius 1 is 1.33 bits per heavy atom. The van der Waals surface area contributed by atoms with Crippen LogP contribution in [0.5, 0.6) is 0 Å². The van der Waals surface area contributed by atoms with Crippen molar-refractivity contribution in [3.63, 3.8) is 0 Å². The Morgan fingerprint density at radius 2 is 2.00 bits per heavy atom. The van der Waals surface area contributed by atoms with Crippen molar-refractivity contribution in [1.82, 2.24) is 4.98 Å². The average molecular weight is 288 g/mol. The van der Waals surface area contributed by atoms with E-state index >= 15 is 0 Å². The first-order valence-corrected chi connectivity index (χ1v) is 7.10. The average Bonchev–Trinajstić information content (AvgIpc) is 1.91. The van der Waals surface area contributed by atoms with Crippen LogP contribution in [0.4, 0.5) is 0 Å². The molecule has 0 unspecified atom stereocenters. The Hall–Kier alpha value is 0.239. The zero-order chi connectivity index (χ0) is 9.19. The molecule has 1 rings (SSSR count). The Morgan fingerprint density at radius 3 is 2.42 bits per heavy atom. The number of hydrogen-bond donors (Lipinski definition) is 0. The van der Waals surface area contributed by atoms with Crippen LogP contribution in [0.3, 0.4) is 0 Å². The van der Waals surface area contributed by atoms with E-state index in [1.54, 1.807) is 6.20 Å². The quantitative estimate of drug-likeness (QED) is 0.723. The number of aromatic nitrogens is 1. The molecule has 0 N–H and O–H groups in total. The van der Waals surface area contributed by atoms with E-state index in [2.05, 4.69) is 31.8 Å². The monoisotopic (exact) mass is 289 g/mol. The number of pyridine rings is 1. The first-order valence-electron chi connectivity index (χ1n) is 3.87. The van der Waals surface area contributed by atoms with Gasteiger partial charge < -0.3 is 0 Å². The molecule has 0 saturated heterocycles. The van der Waals surface area contributed by atoms with Gasteiger partial charge in [-0.1, -0.05) is 0 Å². The number of nitrogens with zero attached hydrogens (tertiary/aromatic N) is 1. The predicted molar refractivity (Wildman–Crippen MR) is 54.4 cm³/mol. The van der Waals surface area contributed by atoms with Gasteiger partial charge in [0, 0.05) is 0 Å². The molecule has 0 aliphatic carbocycles. The van der Waals surface area contributed by atoms with E-state index in [0.29, 0.717) is 3.43 Å². The summed E-state index contributed by atoms with van der Waals surface area (Å²) in [6.45, 7) is 6.82. The summed E-state index contributed by atoms with van der Waals surface area (Å²) in [7, 11) is 0. The molecule has 12 heavy (non-hydrogen) atoms. The molecule has 0 amide bonds.